The van der Waals surface area contributed by atoms with Gasteiger partial charge in [0.2, 0.25) is 5.91 Å². The molecule has 2 aromatic rings. The summed E-state index contributed by atoms with van der Waals surface area (Å²) in [6, 6.07) is 8.26. The summed E-state index contributed by atoms with van der Waals surface area (Å²) in [7, 11) is 0. The van der Waals surface area contributed by atoms with E-state index < -0.39 is 35.7 Å². The van der Waals surface area contributed by atoms with E-state index in [1.54, 1.807) is 18.2 Å². The van der Waals surface area contributed by atoms with Crippen molar-refractivity contribution in [3.05, 3.63) is 54.2 Å². The van der Waals surface area contributed by atoms with Crippen LogP contribution in [-0.2, 0) is 19.1 Å². The molecule has 2 heterocycles. The van der Waals surface area contributed by atoms with Crippen LogP contribution in [0.1, 0.15) is 18.1 Å². The molecule has 9 heteroatoms. The van der Waals surface area contributed by atoms with Crippen molar-refractivity contribution >= 4 is 35.2 Å². The van der Waals surface area contributed by atoms with Crippen molar-refractivity contribution in [2.75, 3.05) is 17.7 Å². The zero-order chi connectivity index (χ0) is 19.4. The van der Waals surface area contributed by atoms with Crippen LogP contribution in [0.3, 0.4) is 0 Å². The average molecular weight is 392 g/mol. The minimum absolute atomic E-state index is 0.00165. The number of thioether (sulfide) groups is 1. The molecule has 1 N–H and O–H groups in total. The third kappa shape index (κ3) is 4.30. The first-order chi connectivity index (χ1) is 13.0. The maximum atomic E-state index is 13.5. The molecule has 2 amide bonds. The number of rotatable bonds is 5. The number of ether oxygens (including phenoxy) is 1. The van der Waals surface area contributed by atoms with Crippen LogP contribution in [0, 0.1) is 5.82 Å². The Morgan fingerprint density at radius 3 is 2.74 bits per heavy atom. The lowest BCUT2D eigenvalue weighted by molar-refractivity contribution is -0.155. The molecular formula is C18H17FN2O5S. The van der Waals surface area contributed by atoms with Gasteiger partial charge in [0.25, 0.3) is 5.91 Å². The molecule has 142 valence electrons. The fraction of sp³-hybridized carbons (Fsp3) is 0.278. The van der Waals surface area contributed by atoms with E-state index >= 15 is 0 Å². The quantitative estimate of drug-likeness (QED) is 0.787. The number of hydrogen-bond acceptors (Lipinski definition) is 6. The van der Waals surface area contributed by atoms with Crippen LogP contribution in [-0.4, -0.2) is 41.1 Å². The summed E-state index contributed by atoms with van der Waals surface area (Å²) in [6.45, 7) is 0.776. The number of esters is 1. The number of nitrogens with one attached hydrogen (secondary N) is 1. The van der Waals surface area contributed by atoms with Crippen LogP contribution in [0.15, 0.2) is 47.1 Å². The second kappa shape index (κ2) is 8.26. The molecule has 0 bridgehead atoms. The van der Waals surface area contributed by atoms with Crippen molar-refractivity contribution in [2.24, 2.45) is 0 Å². The van der Waals surface area contributed by atoms with Gasteiger partial charge in [-0.3, -0.25) is 9.59 Å². The van der Waals surface area contributed by atoms with Crippen molar-refractivity contribution in [2.45, 2.75) is 18.3 Å². The Hall–Kier alpha value is -2.81. The maximum Gasteiger partial charge on any atom is 0.330 e. The van der Waals surface area contributed by atoms with E-state index in [2.05, 4.69) is 5.32 Å². The highest BCUT2D eigenvalue weighted by molar-refractivity contribution is 7.99. The molecule has 27 heavy (non-hydrogen) atoms. The highest BCUT2D eigenvalue weighted by Gasteiger charge is 2.43. The van der Waals surface area contributed by atoms with E-state index in [1.807, 2.05) is 0 Å². The largest absolute Gasteiger partial charge is 0.466 e. The number of hydrogen-bond donors (Lipinski definition) is 1. The molecular weight excluding hydrogens is 375 g/mol. The van der Waals surface area contributed by atoms with Crippen LogP contribution in [0.4, 0.5) is 10.1 Å². The number of benzene rings is 1. The van der Waals surface area contributed by atoms with E-state index in [-0.39, 0.29) is 11.6 Å². The Morgan fingerprint density at radius 2 is 2.07 bits per heavy atom. The summed E-state index contributed by atoms with van der Waals surface area (Å²) in [6.07, 6.45) is 1.49. The monoisotopic (exact) mass is 392 g/mol. The molecule has 7 nitrogen and oxygen atoms in total. The fourth-order valence-corrected chi connectivity index (χ4v) is 4.12. The Balaban J connectivity index is 1.59. The molecule has 1 aliphatic rings. The molecule has 3 rings (SSSR count). The first-order valence-corrected chi connectivity index (χ1v) is 9.17. The first kappa shape index (κ1) is 19.0. The van der Waals surface area contributed by atoms with Gasteiger partial charge in [0, 0.05) is 12.7 Å². The van der Waals surface area contributed by atoms with Gasteiger partial charge in [-0.25, -0.2) is 9.18 Å². The molecule has 0 aliphatic carbocycles. The van der Waals surface area contributed by atoms with Gasteiger partial charge in [-0.2, -0.15) is 0 Å². The van der Waals surface area contributed by atoms with E-state index in [1.165, 1.54) is 48.0 Å². The molecule has 0 spiro atoms. The molecule has 1 aliphatic heterocycles. The molecule has 0 saturated carbocycles. The number of nitrogens with zero attached hydrogens (tertiary/aromatic N) is 1. The maximum absolute atomic E-state index is 13.5. The van der Waals surface area contributed by atoms with Crippen LogP contribution in [0.5, 0.6) is 0 Å². The SMILES string of the molecule is CC(=O)N1[C@@H](c2ccco2)SC[C@H]1C(=O)OCC(=O)Nc1ccccc1F. The highest BCUT2D eigenvalue weighted by atomic mass is 32.2. The topological polar surface area (TPSA) is 88.8 Å². The van der Waals surface area contributed by atoms with Gasteiger partial charge in [-0.05, 0) is 24.3 Å². The average Bonchev–Trinajstić information content (AvgIpc) is 3.30. The summed E-state index contributed by atoms with van der Waals surface area (Å²) in [5.74, 6) is -1.39. The number of anilines is 1. The molecule has 1 saturated heterocycles. The number of halogens is 1. The summed E-state index contributed by atoms with van der Waals surface area (Å²) in [5.41, 5.74) is -0.00165. The van der Waals surface area contributed by atoms with Gasteiger partial charge in [0.15, 0.2) is 6.61 Å². The number of para-hydroxylation sites is 1. The first-order valence-electron chi connectivity index (χ1n) is 8.12. The Bertz CT molecular complexity index is 842. The lowest BCUT2D eigenvalue weighted by Gasteiger charge is -2.25. The smallest absolute Gasteiger partial charge is 0.330 e. The lowest BCUT2D eigenvalue weighted by Crippen LogP contribution is -2.43. The van der Waals surface area contributed by atoms with Gasteiger partial charge < -0.3 is 19.4 Å². The van der Waals surface area contributed by atoms with Gasteiger partial charge in [0.05, 0.1) is 12.0 Å². The third-order valence-corrected chi connectivity index (χ3v) is 5.20. The Morgan fingerprint density at radius 1 is 1.30 bits per heavy atom. The fourth-order valence-electron chi connectivity index (χ4n) is 2.71. The minimum Gasteiger partial charge on any atom is -0.466 e. The van der Waals surface area contributed by atoms with E-state index in [0.29, 0.717) is 11.5 Å². The lowest BCUT2D eigenvalue weighted by atomic mass is 10.2. The molecule has 1 aromatic carbocycles. The van der Waals surface area contributed by atoms with Crippen molar-refractivity contribution in [1.29, 1.82) is 0 Å². The summed E-state index contributed by atoms with van der Waals surface area (Å²) in [5, 5.41) is 1.90. The van der Waals surface area contributed by atoms with E-state index in [9.17, 15) is 18.8 Å². The predicted molar refractivity (Wildman–Crippen MR) is 96.2 cm³/mol. The van der Waals surface area contributed by atoms with Crippen LogP contribution < -0.4 is 5.32 Å². The molecule has 1 aromatic heterocycles. The van der Waals surface area contributed by atoms with Crippen LogP contribution in [0.25, 0.3) is 0 Å². The molecule has 1 fully saturated rings. The van der Waals surface area contributed by atoms with Gasteiger partial charge >= 0.3 is 5.97 Å². The van der Waals surface area contributed by atoms with Crippen LogP contribution in [0.2, 0.25) is 0 Å². The third-order valence-electron chi connectivity index (χ3n) is 3.92. The zero-order valence-corrected chi connectivity index (χ0v) is 15.2. The van der Waals surface area contributed by atoms with Gasteiger partial charge in [-0.1, -0.05) is 12.1 Å². The number of furan rings is 1. The second-order valence-corrected chi connectivity index (χ2v) is 6.89. The predicted octanol–water partition coefficient (Wildman–Crippen LogP) is 2.56. The van der Waals surface area contributed by atoms with Crippen LogP contribution >= 0.6 is 11.8 Å². The normalized spacial score (nSPS) is 19.0. The highest BCUT2D eigenvalue weighted by Crippen LogP contribution is 2.41. The standard InChI is InChI=1S/C18H17FN2O5S/c1-11(22)21-14(10-27-17(21)15-7-4-8-25-15)18(24)26-9-16(23)20-13-6-3-2-5-12(13)19/h2-8,14,17H,9-10H2,1H3,(H,20,23)/t14-,17+/m0/s1. The second-order valence-electron chi connectivity index (χ2n) is 5.78. The van der Waals surface area contributed by atoms with Crippen molar-refractivity contribution in [3.8, 4) is 0 Å². The van der Waals surface area contributed by atoms with E-state index in [4.69, 9.17) is 9.15 Å². The number of carbonyl (C=O) groups excluding carboxylic acids is 3. The number of carbonyl (C=O) groups is 3. The van der Waals surface area contributed by atoms with Gasteiger partial charge in [0.1, 0.15) is 23.0 Å². The zero-order valence-electron chi connectivity index (χ0n) is 14.4. The number of amides is 2. The van der Waals surface area contributed by atoms with Gasteiger partial charge in [-0.15, -0.1) is 11.8 Å². The Kier molecular flexibility index (Phi) is 5.80. The molecule has 2 atom stereocenters. The van der Waals surface area contributed by atoms with Crippen molar-refractivity contribution in [3.63, 3.8) is 0 Å². The molecule has 0 radical (unpaired) electrons. The minimum atomic E-state index is -0.830. The summed E-state index contributed by atoms with van der Waals surface area (Å²) in [4.78, 5) is 37.7. The molecule has 0 unspecified atom stereocenters. The van der Waals surface area contributed by atoms with Crippen molar-refractivity contribution < 1.29 is 27.9 Å². The van der Waals surface area contributed by atoms with Crippen molar-refractivity contribution in [1.82, 2.24) is 4.90 Å². The summed E-state index contributed by atoms with van der Waals surface area (Å²) >= 11 is 1.37. The summed E-state index contributed by atoms with van der Waals surface area (Å²) < 4.78 is 23.9. The van der Waals surface area contributed by atoms with E-state index in [0.717, 1.165) is 0 Å². The Labute approximate surface area is 158 Å².